The average molecular weight is 367 g/mol. The third kappa shape index (κ3) is 3.74. The lowest BCUT2D eigenvalue weighted by atomic mass is 10.0. The van der Waals surface area contributed by atoms with Crippen molar-refractivity contribution in [3.8, 4) is 0 Å². The van der Waals surface area contributed by atoms with Crippen LogP contribution in [0.2, 0.25) is 5.02 Å². The van der Waals surface area contributed by atoms with Gasteiger partial charge in [0.05, 0.1) is 22.1 Å². The Kier molecular flexibility index (Phi) is 5.19. The topological polar surface area (TPSA) is 95.8 Å². The number of piperazine rings is 1. The molecule has 0 spiro atoms. The fraction of sp³-hybridized carbons (Fsp3) is 0.500. The van der Waals surface area contributed by atoms with Crippen molar-refractivity contribution in [2.45, 2.75) is 18.9 Å². The smallest absolute Gasteiger partial charge is 0.270 e. The van der Waals surface area contributed by atoms with Gasteiger partial charge in [-0.25, -0.2) is 0 Å². The fourth-order valence-electron chi connectivity index (χ4n) is 3.36. The number of rotatable bonds is 3. The van der Waals surface area contributed by atoms with E-state index in [1.807, 2.05) is 4.90 Å². The first kappa shape index (κ1) is 17.6. The molecule has 0 aromatic heterocycles. The van der Waals surface area contributed by atoms with Gasteiger partial charge in [-0.3, -0.25) is 19.7 Å². The van der Waals surface area contributed by atoms with Gasteiger partial charge in [0, 0.05) is 44.4 Å². The van der Waals surface area contributed by atoms with Crippen LogP contribution < -0.4 is 5.32 Å². The highest BCUT2D eigenvalue weighted by Gasteiger charge is 2.32. The number of hydrogen-bond donors (Lipinski definition) is 1. The molecule has 0 saturated carbocycles. The maximum absolute atomic E-state index is 12.8. The molecule has 2 aliphatic rings. The van der Waals surface area contributed by atoms with E-state index in [4.69, 9.17) is 11.6 Å². The molecular formula is C16H19ClN4O4. The molecule has 2 heterocycles. The van der Waals surface area contributed by atoms with Crippen LogP contribution in [0, 0.1) is 10.1 Å². The zero-order valence-electron chi connectivity index (χ0n) is 13.6. The van der Waals surface area contributed by atoms with E-state index < -0.39 is 4.92 Å². The first-order valence-corrected chi connectivity index (χ1v) is 8.58. The summed E-state index contributed by atoms with van der Waals surface area (Å²) in [4.78, 5) is 38.6. The van der Waals surface area contributed by atoms with Crippen molar-refractivity contribution in [2.75, 3.05) is 32.7 Å². The highest BCUT2D eigenvalue weighted by molar-refractivity contribution is 6.34. The number of amides is 2. The Morgan fingerprint density at radius 2 is 2.16 bits per heavy atom. The van der Waals surface area contributed by atoms with Crippen LogP contribution in [0.15, 0.2) is 18.2 Å². The normalized spacial score (nSPS) is 21.3. The molecule has 2 fully saturated rings. The van der Waals surface area contributed by atoms with Crippen molar-refractivity contribution >= 4 is 29.1 Å². The van der Waals surface area contributed by atoms with Gasteiger partial charge < -0.3 is 15.1 Å². The van der Waals surface area contributed by atoms with Crippen LogP contribution in [0.5, 0.6) is 0 Å². The third-order valence-corrected chi connectivity index (χ3v) is 4.96. The van der Waals surface area contributed by atoms with E-state index in [1.54, 1.807) is 4.90 Å². The summed E-state index contributed by atoms with van der Waals surface area (Å²) in [5.74, 6) is -0.203. The lowest BCUT2D eigenvalue weighted by Crippen LogP contribution is -2.57. The predicted molar refractivity (Wildman–Crippen MR) is 91.6 cm³/mol. The minimum absolute atomic E-state index is 0.00382. The van der Waals surface area contributed by atoms with E-state index in [1.165, 1.54) is 18.2 Å². The average Bonchev–Trinajstić information content (AvgIpc) is 2.61. The van der Waals surface area contributed by atoms with E-state index in [-0.39, 0.29) is 34.1 Å². The lowest BCUT2D eigenvalue weighted by Gasteiger charge is -2.41. The number of hydrogen-bond acceptors (Lipinski definition) is 5. The SMILES string of the molecule is O=C(c1ccc([N+](=O)[O-])cc1Cl)N1CCCC(N2CCNCC2=O)C1. The standard InChI is InChI=1S/C16H19ClN4O4/c17-14-8-11(21(24)25)3-4-13(14)16(23)19-6-1-2-12(10-19)20-7-5-18-9-15(20)22/h3-4,8,12,18H,1-2,5-7,9-10H2. The molecule has 0 bridgehead atoms. The molecule has 3 rings (SSSR count). The number of carbonyl (C=O) groups is 2. The van der Waals surface area contributed by atoms with Gasteiger partial charge in [-0.2, -0.15) is 0 Å². The molecule has 1 atom stereocenters. The Labute approximate surface area is 149 Å². The first-order valence-electron chi connectivity index (χ1n) is 8.21. The summed E-state index contributed by atoms with van der Waals surface area (Å²) in [5, 5.41) is 13.9. The molecule has 2 saturated heterocycles. The molecule has 134 valence electrons. The van der Waals surface area contributed by atoms with Crippen molar-refractivity contribution in [3.05, 3.63) is 38.9 Å². The number of piperidine rings is 1. The van der Waals surface area contributed by atoms with Crippen LogP contribution in [0.4, 0.5) is 5.69 Å². The first-order chi connectivity index (χ1) is 12.0. The molecule has 2 amide bonds. The van der Waals surface area contributed by atoms with Gasteiger partial charge in [-0.1, -0.05) is 11.6 Å². The van der Waals surface area contributed by atoms with E-state index in [0.29, 0.717) is 26.2 Å². The molecule has 1 aromatic rings. The van der Waals surface area contributed by atoms with Crippen LogP contribution in [0.3, 0.4) is 0 Å². The zero-order chi connectivity index (χ0) is 18.0. The molecule has 0 radical (unpaired) electrons. The minimum Gasteiger partial charge on any atom is -0.337 e. The summed E-state index contributed by atoms with van der Waals surface area (Å²) in [6.45, 7) is 2.77. The molecular weight excluding hydrogens is 348 g/mol. The Morgan fingerprint density at radius 3 is 2.84 bits per heavy atom. The molecule has 1 aromatic carbocycles. The third-order valence-electron chi connectivity index (χ3n) is 4.64. The Morgan fingerprint density at radius 1 is 1.36 bits per heavy atom. The predicted octanol–water partition coefficient (Wildman–Crippen LogP) is 1.28. The second-order valence-electron chi connectivity index (χ2n) is 6.23. The molecule has 2 aliphatic heterocycles. The summed E-state index contributed by atoms with van der Waals surface area (Å²) in [7, 11) is 0. The molecule has 8 nitrogen and oxygen atoms in total. The molecule has 1 N–H and O–H groups in total. The van der Waals surface area contributed by atoms with Crippen molar-refractivity contribution in [3.63, 3.8) is 0 Å². The number of non-ortho nitro benzene ring substituents is 1. The molecule has 1 unspecified atom stereocenters. The van der Waals surface area contributed by atoms with Gasteiger partial charge in [-0.15, -0.1) is 0 Å². The van der Waals surface area contributed by atoms with E-state index >= 15 is 0 Å². The minimum atomic E-state index is -0.549. The summed E-state index contributed by atoms with van der Waals surface area (Å²) in [6, 6.07) is 3.86. The number of benzene rings is 1. The lowest BCUT2D eigenvalue weighted by molar-refractivity contribution is -0.384. The highest BCUT2D eigenvalue weighted by atomic mass is 35.5. The summed E-state index contributed by atoms with van der Waals surface area (Å²) in [5.41, 5.74) is 0.101. The second kappa shape index (κ2) is 7.37. The number of likely N-dealkylation sites (tertiary alicyclic amines) is 1. The highest BCUT2D eigenvalue weighted by Crippen LogP contribution is 2.25. The Hall–Kier alpha value is -2.19. The summed E-state index contributed by atoms with van der Waals surface area (Å²) < 4.78 is 0. The Bertz CT molecular complexity index is 711. The summed E-state index contributed by atoms with van der Waals surface area (Å²) in [6.07, 6.45) is 1.67. The Balaban J connectivity index is 1.73. The van der Waals surface area contributed by atoms with Crippen molar-refractivity contribution in [1.82, 2.24) is 15.1 Å². The van der Waals surface area contributed by atoms with Crippen LogP contribution in [0.1, 0.15) is 23.2 Å². The van der Waals surface area contributed by atoms with Crippen LogP contribution in [0.25, 0.3) is 0 Å². The van der Waals surface area contributed by atoms with Gasteiger partial charge in [-0.05, 0) is 18.9 Å². The number of nitrogens with zero attached hydrogens (tertiary/aromatic N) is 3. The monoisotopic (exact) mass is 366 g/mol. The largest absolute Gasteiger partial charge is 0.337 e. The van der Waals surface area contributed by atoms with E-state index in [9.17, 15) is 19.7 Å². The summed E-state index contributed by atoms with van der Waals surface area (Å²) >= 11 is 6.07. The van der Waals surface area contributed by atoms with Gasteiger partial charge in [0.25, 0.3) is 11.6 Å². The van der Waals surface area contributed by atoms with Crippen molar-refractivity contribution < 1.29 is 14.5 Å². The van der Waals surface area contributed by atoms with Crippen LogP contribution in [-0.4, -0.2) is 65.3 Å². The second-order valence-corrected chi connectivity index (χ2v) is 6.64. The zero-order valence-corrected chi connectivity index (χ0v) is 14.4. The van der Waals surface area contributed by atoms with Gasteiger partial charge in [0.2, 0.25) is 5.91 Å². The van der Waals surface area contributed by atoms with Crippen LogP contribution >= 0.6 is 11.6 Å². The van der Waals surface area contributed by atoms with E-state index in [2.05, 4.69) is 5.32 Å². The number of carbonyl (C=O) groups excluding carboxylic acids is 2. The number of nitro benzene ring substituents is 1. The van der Waals surface area contributed by atoms with Crippen molar-refractivity contribution in [2.24, 2.45) is 0 Å². The van der Waals surface area contributed by atoms with Crippen molar-refractivity contribution in [1.29, 1.82) is 0 Å². The molecule has 9 heteroatoms. The maximum atomic E-state index is 12.8. The van der Waals surface area contributed by atoms with Gasteiger partial charge in [0.1, 0.15) is 0 Å². The van der Waals surface area contributed by atoms with Gasteiger partial charge in [0.15, 0.2) is 0 Å². The number of halogens is 1. The molecule has 25 heavy (non-hydrogen) atoms. The van der Waals surface area contributed by atoms with Gasteiger partial charge >= 0.3 is 0 Å². The van der Waals surface area contributed by atoms with Crippen LogP contribution in [-0.2, 0) is 4.79 Å². The number of nitro groups is 1. The molecule has 0 aliphatic carbocycles. The fourth-order valence-corrected chi connectivity index (χ4v) is 3.62. The quantitative estimate of drug-likeness (QED) is 0.642. The number of nitrogens with one attached hydrogen (secondary N) is 1. The maximum Gasteiger partial charge on any atom is 0.270 e. The van der Waals surface area contributed by atoms with E-state index in [0.717, 1.165) is 19.4 Å².